The van der Waals surface area contributed by atoms with Crippen LogP contribution in [0.25, 0.3) is 0 Å². The number of carbonyl (C=O) groups is 3. The van der Waals surface area contributed by atoms with Crippen molar-refractivity contribution in [1.29, 1.82) is 0 Å². The average Bonchev–Trinajstić information content (AvgIpc) is 3.15. The molecule has 1 amide bonds. The molecule has 1 aliphatic carbocycles. The zero-order chi connectivity index (χ0) is 21.0. The summed E-state index contributed by atoms with van der Waals surface area (Å²) in [6, 6.07) is 8.93. The van der Waals surface area contributed by atoms with Gasteiger partial charge in [0.1, 0.15) is 18.4 Å². The molecule has 1 aromatic rings. The first-order valence-corrected chi connectivity index (χ1v) is 11.0. The van der Waals surface area contributed by atoms with Crippen LogP contribution in [-0.4, -0.2) is 47.7 Å². The Kier molecular flexibility index (Phi) is 6.32. The van der Waals surface area contributed by atoms with Crippen molar-refractivity contribution in [2.45, 2.75) is 63.1 Å². The summed E-state index contributed by atoms with van der Waals surface area (Å²) in [5.41, 5.74) is -0.298. The number of amides is 1. The van der Waals surface area contributed by atoms with E-state index in [1.165, 1.54) is 6.42 Å². The molecule has 2 unspecified atom stereocenters. The van der Waals surface area contributed by atoms with Gasteiger partial charge in [-0.15, -0.1) is 0 Å². The first kappa shape index (κ1) is 20.8. The number of carbonyl (C=O) groups excluding carboxylic acids is 3. The highest BCUT2D eigenvalue weighted by Gasteiger charge is 2.50. The molecule has 2 aliphatic heterocycles. The van der Waals surface area contributed by atoms with Gasteiger partial charge in [-0.3, -0.25) is 19.3 Å². The van der Waals surface area contributed by atoms with Gasteiger partial charge in [0.15, 0.2) is 17.7 Å². The van der Waals surface area contributed by atoms with E-state index < -0.39 is 11.7 Å². The van der Waals surface area contributed by atoms with Crippen molar-refractivity contribution in [2.75, 3.05) is 13.2 Å². The molecular weight excluding hydrogens is 380 g/mol. The zero-order valence-electron chi connectivity index (χ0n) is 17.3. The second-order valence-electron chi connectivity index (χ2n) is 8.71. The van der Waals surface area contributed by atoms with E-state index in [1.54, 1.807) is 0 Å². The van der Waals surface area contributed by atoms with Gasteiger partial charge in [-0.25, -0.2) is 0 Å². The molecule has 0 bridgehead atoms. The van der Waals surface area contributed by atoms with Crippen LogP contribution in [0.4, 0.5) is 0 Å². The number of nitrogens with zero attached hydrogens (tertiary/aromatic N) is 1. The van der Waals surface area contributed by atoms with Gasteiger partial charge < -0.3 is 10.1 Å². The lowest BCUT2D eigenvalue weighted by Gasteiger charge is -2.46. The third-order valence-corrected chi connectivity index (χ3v) is 6.58. The Bertz CT molecular complexity index is 816. The molecule has 0 spiro atoms. The predicted octanol–water partition coefficient (Wildman–Crippen LogP) is 2.77. The number of benzene rings is 1. The maximum absolute atomic E-state index is 13.0. The van der Waals surface area contributed by atoms with Gasteiger partial charge in [-0.05, 0) is 30.4 Å². The molecule has 1 aromatic carbocycles. The Balaban J connectivity index is 1.61. The summed E-state index contributed by atoms with van der Waals surface area (Å²) < 4.78 is 5.57. The summed E-state index contributed by atoms with van der Waals surface area (Å²) in [5, 5.41) is 3.06. The summed E-state index contributed by atoms with van der Waals surface area (Å²) in [5.74, 6) is 0.728. The van der Waals surface area contributed by atoms with Crippen molar-refractivity contribution in [2.24, 2.45) is 5.92 Å². The molecule has 1 saturated carbocycles. The number of rotatable bonds is 7. The van der Waals surface area contributed by atoms with E-state index in [4.69, 9.17) is 4.74 Å². The fraction of sp³-hybridized carbons (Fsp3) is 0.542. The van der Waals surface area contributed by atoms with Crippen LogP contribution >= 0.6 is 0 Å². The van der Waals surface area contributed by atoms with Crippen molar-refractivity contribution in [3.8, 4) is 0 Å². The number of nitrogens with one attached hydrogen (secondary N) is 1. The van der Waals surface area contributed by atoms with Crippen molar-refractivity contribution >= 4 is 18.0 Å². The van der Waals surface area contributed by atoms with Crippen LogP contribution < -0.4 is 5.32 Å². The minimum absolute atomic E-state index is 0.0311. The smallest absolute Gasteiger partial charge is 0.226 e. The van der Waals surface area contributed by atoms with E-state index in [2.05, 4.69) is 5.32 Å². The Hall–Kier alpha value is -2.47. The van der Waals surface area contributed by atoms with Crippen LogP contribution in [0, 0.1) is 5.92 Å². The Morgan fingerprint density at radius 2 is 1.97 bits per heavy atom. The number of hydrogen-bond acceptors (Lipinski definition) is 5. The maximum Gasteiger partial charge on any atom is 0.226 e. The van der Waals surface area contributed by atoms with Crippen molar-refractivity contribution in [1.82, 2.24) is 10.2 Å². The van der Waals surface area contributed by atoms with Crippen LogP contribution in [0.3, 0.4) is 0 Å². The van der Waals surface area contributed by atoms with Gasteiger partial charge in [0.2, 0.25) is 5.91 Å². The lowest BCUT2D eigenvalue weighted by atomic mass is 9.81. The second kappa shape index (κ2) is 9.13. The molecule has 2 fully saturated rings. The Morgan fingerprint density at radius 3 is 2.70 bits per heavy atom. The maximum atomic E-state index is 13.0. The van der Waals surface area contributed by atoms with Gasteiger partial charge in [-0.1, -0.05) is 62.4 Å². The van der Waals surface area contributed by atoms with Crippen LogP contribution in [0.5, 0.6) is 0 Å². The van der Waals surface area contributed by atoms with Gasteiger partial charge in [0, 0.05) is 6.54 Å². The van der Waals surface area contributed by atoms with E-state index in [-0.39, 0.29) is 24.7 Å². The van der Waals surface area contributed by atoms with Crippen LogP contribution in [0.1, 0.15) is 50.5 Å². The van der Waals surface area contributed by atoms with Crippen molar-refractivity contribution in [3.63, 3.8) is 0 Å². The molecule has 6 heteroatoms. The second-order valence-corrected chi connectivity index (χ2v) is 8.71. The molecular formula is C24H30N2O4. The lowest BCUT2D eigenvalue weighted by molar-refractivity contribution is -0.139. The molecule has 4 rings (SSSR count). The number of Topliss-reactive ketones (excluding diaryl/α,β-unsaturated/α-hetero) is 1. The molecule has 3 aliphatic rings. The van der Waals surface area contributed by atoms with E-state index in [0.717, 1.165) is 37.5 Å². The first-order chi connectivity index (χ1) is 14.6. The number of ether oxygens (including phenoxy) is 1. The van der Waals surface area contributed by atoms with Crippen LogP contribution in [0.15, 0.2) is 42.2 Å². The first-order valence-electron chi connectivity index (χ1n) is 11.0. The molecule has 0 aromatic heterocycles. The molecule has 2 atom stereocenters. The summed E-state index contributed by atoms with van der Waals surface area (Å²) in [6.45, 7) is 0.573. The fourth-order valence-corrected chi connectivity index (χ4v) is 5.16. The standard InChI is InChI=1S/C24H30N2O4/c27-17-24(15-19-10-5-2-6-11-19,25-22(29)14-18-8-3-1-4-9-18)26-13-7-12-21-23(26)20(28)16-30-21/h1,3-4,8-9,12,17,19,23H,2,5-7,10-11,13-16H2,(H,25,29). The van der Waals surface area contributed by atoms with Gasteiger partial charge in [0.05, 0.1) is 6.42 Å². The van der Waals surface area contributed by atoms with E-state index in [0.29, 0.717) is 31.1 Å². The quantitative estimate of drug-likeness (QED) is 0.700. The fourth-order valence-electron chi connectivity index (χ4n) is 5.16. The highest BCUT2D eigenvalue weighted by molar-refractivity contribution is 5.91. The lowest BCUT2D eigenvalue weighted by Crippen LogP contribution is -2.67. The number of fused-ring (bicyclic) bond motifs is 1. The highest BCUT2D eigenvalue weighted by atomic mass is 16.5. The van der Waals surface area contributed by atoms with E-state index >= 15 is 0 Å². The van der Waals surface area contributed by atoms with Crippen LogP contribution in [0.2, 0.25) is 0 Å². The van der Waals surface area contributed by atoms with Gasteiger partial charge >= 0.3 is 0 Å². The topological polar surface area (TPSA) is 75.7 Å². The summed E-state index contributed by atoms with van der Waals surface area (Å²) in [4.78, 5) is 40.2. The molecule has 30 heavy (non-hydrogen) atoms. The molecule has 1 saturated heterocycles. The van der Waals surface area contributed by atoms with Crippen molar-refractivity contribution < 1.29 is 19.1 Å². The van der Waals surface area contributed by atoms with Gasteiger partial charge in [0.25, 0.3) is 0 Å². The van der Waals surface area contributed by atoms with E-state index in [9.17, 15) is 14.4 Å². The third-order valence-electron chi connectivity index (χ3n) is 6.58. The number of hydrogen-bond donors (Lipinski definition) is 1. The zero-order valence-corrected chi connectivity index (χ0v) is 17.3. The Labute approximate surface area is 177 Å². The highest BCUT2D eigenvalue weighted by Crippen LogP contribution is 2.36. The largest absolute Gasteiger partial charge is 0.488 e. The normalized spacial score (nSPS) is 24.3. The molecule has 160 valence electrons. The summed E-state index contributed by atoms with van der Waals surface area (Å²) >= 11 is 0. The van der Waals surface area contributed by atoms with Gasteiger partial charge in [-0.2, -0.15) is 0 Å². The minimum Gasteiger partial charge on any atom is -0.488 e. The SMILES string of the molecule is O=CC(CC1CCCCC1)(NC(=O)Cc1ccccc1)N1CCC=C2OCC(=O)C21. The number of ketones is 1. The summed E-state index contributed by atoms with van der Waals surface area (Å²) in [6.07, 6.45) is 9.84. The summed E-state index contributed by atoms with van der Waals surface area (Å²) in [7, 11) is 0. The third kappa shape index (κ3) is 4.33. The molecule has 6 nitrogen and oxygen atoms in total. The van der Waals surface area contributed by atoms with E-state index in [1.807, 2.05) is 41.3 Å². The monoisotopic (exact) mass is 410 g/mol. The number of aldehydes is 1. The molecule has 0 radical (unpaired) electrons. The van der Waals surface area contributed by atoms with Crippen molar-refractivity contribution in [3.05, 3.63) is 47.7 Å². The predicted molar refractivity (Wildman–Crippen MR) is 112 cm³/mol. The molecule has 2 heterocycles. The minimum atomic E-state index is -1.19. The molecule has 1 N–H and O–H groups in total. The average molecular weight is 411 g/mol. The Morgan fingerprint density at radius 1 is 1.20 bits per heavy atom. The van der Waals surface area contributed by atoms with Crippen LogP contribution in [-0.2, 0) is 25.5 Å².